The second-order valence-corrected chi connectivity index (χ2v) is 4.72. The monoisotopic (exact) mass is 214 g/mol. The lowest BCUT2D eigenvalue weighted by Crippen LogP contribution is -2.43. The lowest BCUT2D eigenvalue weighted by atomic mass is 10.4. The minimum atomic E-state index is -3.56. The van der Waals surface area contributed by atoms with E-state index in [1.54, 1.807) is 0 Å². The molecular formula is C5H11ClN2O3S. The molecule has 0 radical (unpaired) electrons. The maximum absolute atomic E-state index is 11.0. The van der Waals surface area contributed by atoms with Crippen LogP contribution in [-0.4, -0.2) is 38.1 Å². The van der Waals surface area contributed by atoms with E-state index in [1.807, 2.05) is 0 Å². The van der Waals surface area contributed by atoms with Crippen LogP contribution in [0.2, 0.25) is 0 Å². The third kappa shape index (κ3) is 3.48. The van der Waals surface area contributed by atoms with Crippen LogP contribution in [0.3, 0.4) is 0 Å². The van der Waals surface area contributed by atoms with Crippen molar-refractivity contribution < 1.29 is 13.2 Å². The SMILES string of the molecule is CC(NS(=O)(=O)N(C)C)C(=O)Cl. The molecule has 12 heavy (non-hydrogen) atoms. The summed E-state index contributed by atoms with van der Waals surface area (Å²) in [6.45, 7) is 1.37. The van der Waals surface area contributed by atoms with Gasteiger partial charge in [-0.05, 0) is 18.5 Å². The molecule has 0 heterocycles. The second kappa shape index (κ2) is 4.18. The average molecular weight is 215 g/mol. The van der Waals surface area contributed by atoms with Crippen molar-refractivity contribution in [3.8, 4) is 0 Å². The number of nitrogens with zero attached hydrogens (tertiary/aromatic N) is 1. The summed E-state index contributed by atoms with van der Waals surface area (Å²) in [4.78, 5) is 10.5. The molecule has 0 aromatic rings. The Morgan fingerprint density at radius 3 is 2.17 bits per heavy atom. The molecule has 0 rings (SSSR count). The predicted octanol–water partition coefficient (Wildman–Crippen LogP) is -0.464. The smallest absolute Gasteiger partial charge is 0.279 e. The first-order valence-electron chi connectivity index (χ1n) is 3.16. The quantitative estimate of drug-likeness (QED) is 0.644. The molecule has 0 aliphatic heterocycles. The van der Waals surface area contributed by atoms with Crippen LogP contribution in [0.15, 0.2) is 0 Å². The third-order valence-corrected chi connectivity index (χ3v) is 3.09. The van der Waals surface area contributed by atoms with Crippen molar-refractivity contribution in [3.05, 3.63) is 0 Å². The largest absolute Gasteiger partial charge is 0.279 e. The van der Waals surface area contributed by atoms with Crippen molar-refractivity contribution in [1.29, 1.82) is 0 Å². The summed E-state index contributed by atoms with van der Waals surface area (Å²) >= 11 is 5.05. The minimum Gasteiger partial charge on any atom is -0.279 e. The van der Waals surface area contributed by atoms with Gasteiger partial charge >= 0.3 is 0 Å². The Bertz CT molecular complexity index is 262. The highest BCUT2D eigenvalue weighted by molar-refractivity contribution is 7.87. The van der Waals surface area contributed by atoms with E-state index in [2.05, 4.69) is 4.72 Å². The molecule has 1 unspecified atom stereocenters. The number of carbonyl (C=O) groups excluding carboxylic acids is 1. The molecule has 0 aromatic carbocycles. The molecule has 7 heteroatoms. The Hall–Kier alpha value is -0.170. The number of carbonyl (C=O) groups is 1. The van der Waals surface area contributed by atoms with Gasteiger partial charge in [-0.15, -0.1) is 0 Å². The predicted molar refractivity (Wildman–Crippen MR) is 46.1 cm³/mol. The van der Waals surface area contributed by atoms with Crippen LogP contribution in [0.25, 0.3) is 0 Å². The second-order valence-electron chi connectivity index (χ2n) is 2.43. The maximum Gasteiger partial charge on any atom is 0.279 e. The van der Waals surface area contributed by atoms with E-state index in [4.69, 9.17) is 11.6 Å². The summed E-state index contributed by atoms with van der Waals surface area (Å²) in [5.41, 5.74) is 0. The lowest BCUT2D eigenvalue weighted by molar-refractivity contribution is -0.112. The molecular weight excluding hydrogens is 204 g/mol. The van der Waals surface area contributed by atoms with Gasteiger partial charge in [-0.25, -0.2) is 0 Å². The number of hydrogen-bond donors (Lipinski definition) is 1. The van der Waals surface area contributed by atoms with E-state index in [0.29, 0.717) is 0 Å². The normalized spacial score (nSPS) is 14.8. The summed E-state index contributed by atoms with van der Waals surface area (Å²) in [5.74, 6) is 0. The van der Waals surface area contributed by atoms with E-state index >= 15 is 0 Å². The first kappa shape index (κ1) is 11.8. The van der Waals surface area contributed by atoms with Gasteiger partial charge in [0.25, 0.3) is 10.2 Å². The molecule has 0 saturated carbocycles. The topological polar surface area (TPSA) is 66.5 Å². The van der Waals surface area contributed by atoms with Crippen molar-refractivity contribution in [2.45, 2.75) is 13.0 Å². The molecule has 1 N–H and O–H groups in total. The Labute approximate surface area is 76.9 Å². The highest BCUT2D eigenvalue weighted by Gasteiger charge is 2.19. The molecule has 0 aliphatic carbocycles. The summed E-state index contributed by atoms with van der Waals surface area (Å²) in [6.07, 6.45) is 0. The van der Waals surface area contributed by atoms with Crippen molar-refractivity contribution in [1.82, 2.24) is 9.03 Å². The molecule has 0 aliphatic rings. The van der Waals surface area contributed by atoms with Gasteiger partial charge in [-0.2, -0.15) is 17.4 Å². The summed E-state index contributed by atoms with van der Waals surface area (Å²) in [7, 11) is -0.855. The van der Waals surface area contributed by atoms with Gasteiger partial charge in [0.1, 0.15) is 0 Å². The highest BCUT2D eigenvalue weighted by Crippen LogP contribution is 1.95. The molecule has 0 spiro atoms. The van der Waals surface area contributed by atoms with E-state index in [0.717, 1.165) is 4.31 Å². The van der Waals surface area contributed by atoms with Crippen LogP contribution in [0, 0.1) is 0 Å². The van der Waals surface area contributed by atoms with Crippen LogP contribution in [0.4, 0.5) is 0 Å². The van der Waals surface area contributed by atoms with Gasteiger partial charge in [-0.3, -0.25) is 4.79 Å². The van der Waals surface area contributed by atoms with Crippen LogP contribution < -0.4 is 4.72 Å². The number of rotatable bonds is 4. The van der Waals surface area contributed by atoms with E-state index in [1.165, 1.54) is 21.0 Å². The molecule has 0 aromatic heterocycles. The molecule has 0 amide bonds. The highest BCUT2D eigenvalue weighted by atomic mass is 35.5. The zero-order valence-electron chi connectivity index (χ0n) is 7.04. The zero-order chi connectivity index (χ0) is 9.94. The zero-order valence-corrected chi connectivity index (χ0v) is 8.61. The molecule has 0 saturated heterocycles. The van der Waals surface area contributed by atoms with E-state index in [-0.39, 0.29) is 0 Å². The average Bonchev–Trinajstić information content (AvgIpc) is 1.85. The number of hydrogen-bond acceptors (Lipinski definition) is 3. The van der Waals surface area contributed by atoms with Gasteiger partial charge in [-0.1, -0.05) is 0 Å². The van der Waals surface area contributed by atoms with Gasteiger partial charge in [0.15, 0.2) is 0 Å². The van der Waals surface area contributed by atoms with Gasteiger partial charge in [0, 0.05) is 14.1 Å². The summed E-state index contributed by atoms with van der Waals surface area (Å²) in [6, 6.07) is -0.904. The van der Waals surface area contributed by atoms with E-state index in [9.17, 15) is 13.2 Å². The molecule has 5 nitrogen and oxygen atoms in total. The Morgan fingerprint density at radius 1 is 1.50 bits per heavy atom. The van der Waals surface area contributed by atoms with Gasteiger partial charge < -0.3 is 0 Å². The Kier molecular flexibility index (Phi) is 4.12. The van der Waals surface area contributed by atoms with Crippen LogP contribution in [0.5, 0.6) is 0 Å². The van der Waals surface area contributed by atoms with Gasteiger partial charge in [0.05, 0.1) is 6.04 Å². The fourth-order valence-electron chi connectivity index (χ4n) is 0.375. The van der Waals surface area contributed by atoms with Gasteiger partial charge in [0.2, 0.25) is 5.24 Å². The first-order valence-corrected chi connectivity index (χ1v) is 4.98. The van der Waals surface area contributed by atoms with Crippen LogP contribution >= 0.6 is 11.6 Å². The molecule has 72 valence electrons. The molecule has 0 fully saturated rings. The minimum absolute atomic E-state index is 0.736. The third-order valence-electron chi connectivity index (χ3n) is 1.15. The fourth-order valence-corrected chi connectivity index (χ4v) is 1.26. The number of halogens is 1. The molecule has 0 bridgehead atoms. The lowest BCUT2D eigenvalue weighted by Gasteiger charge is -2.14. The Balaban J connectivity index is 4.37. The van der Waals surface area contributed by atoms with Crippen molar-refractivity contribution in [2.75, 3.05) is 14.1 Å². The standard InChI is InChI=1S/C5H11ClN2O3S/c1-4(5(6)9)7-12(10,11)8(2)3/h4,7H,1-3H3. The number of nitrogens with one attached hydrogen (secondary N) is 1. The van der Waals surface area contributed by atoms with E-state index < -0.39 is 21.5 Å². The van der Waals surface area contributed by atoms with Crippen molar-refractivity contribution in [3.63, 3.8) is 0 Å². The summed E-state index contributed by atoms with van der Waals surface area (Å²) < 4.78 is 25.1. The fraction of sp³-hybridized carbons (Fsp3) is 0.800. The first-order chi connectivity index (χ1) is 5.27. The van der Waals surface area contributed by atoms with Crippen molar-refractivity contribution in [2.24, 2.45) is 0 Å². The van der Waals surface area contributed by atoms with Crippen LogP contribution in [-0.2, 0) is 15.0 Å². The maximum atomic E-state index is 11.0. The Morgan fingerprint density at radius 2 is 1.92 bits per heavy atom. The molecule has 1 atom stereocenters. The van der Waals surface area contributed by atoms with Crippen LogP contribution in [0.1, 0.15) is 6.92 Å². The van der Waals surface area contributed by atoms with Crippen molar-refractivity contribution >= 4 is 27.1 Å². The summed E-state index contributed by atoms with van der Waals surface area (Å²) in [5, 5.41) is -0.736.